The summed E-state index contributed by atoms with van der Waals surface area (Å²) in [5.41, 5.74) is 1.42. The second kappa shape index (κ2) is 5.09. The molecule has 3 unspecified atom stereocenters. The Labute approximate surface area is 107 Å². The molecule has 3 heteroatoms. The van der Waals surface area contributed by atoms with Gasteiger partial charge in [-0.3, -0.25) is 0 Å². The number of thiophene rings is 1. The van der Waals surface area contributed by atoms with Crippen molar-refractivity contribution in [2.24, 2.45) is 5.92 Å². The molecule has 0 aromatic carbocycles. The maximum Gasteiger partial charge on any atom is 0.0659 e. The zero-order chi connectivity index (χ0) is 11.7. The monoisotopic (exact) mass is 252 g/mol. The van der Waals surface area contributed by atoms with E-state index in [-0.39, 0.29) is 6.10 Å². The average Bonchev–Trinajstić information content (AvgIpc) is 2.87. The largest absolute Gasteiger partial charge is 0.392 e. The van der Waals surface area contributed by atoms with Crippen LogP contribution in [-0.4, -0.2) is 24.4 Å². The maximum atomic E-state index is 10.6. The molecule has 1 aliphatic carbocycles. The van der Waals surface area contributed by atoms with Gasteiger partial charge in [-0.1, -0.05) is 0 Å². The third kappa shape index (κ3) is 2.28. The van der Waals surface area contributed by atoms with E-state index in [1.54, 1.807) is 0 Å². The molecule has 0 saturated carbocycles. The molecule has 94 valence electrons. The summed E-state index contributed by atoms with van der Waals surface area (Å²) in [6.07, 6.45) is 5.59. The molecule has 3 rings (SSSR count). The van der Waals surface area contributed by atoms with Crippen LogP contribution in [-0.2, 0) is 11.2 Å². The highest BCUT2D eigenvalue weighted by Crippen LogP contribution is 2.40. The highest BCUT2D eigenvalue weighted by molar-refractivity contribution is 7.10. The topological polar surface area (TPSA) is 29.5 Å². The van der Waals surface area contributed by atoms with Crippen molar-refractivity contribution in [3.8, 4) is 0 Å². The molecular formula is C14H20O2S. The lowest BCUT2D eigenvalue weighted by Gasteiger charge is -2.34. The van der Waals surface area contributed by atoms with Gasteiger partial charge in [-0.25, -0.2) is 0 Å². The van der Waals surface area contributed by atoms with E-state index in [0.717, 1.165) is 32.5 Å². The molecule has 0 spiro atoms. The fraction of sp³-hybridized carbons (Fsp3) is 0.714. The smallest absolute Gasteiger partial charge is 0.0659 e. The van der Waals surface area contributed by atoms with Gasteiger partial charge < -0.3 is 9.84 Å². The number of aryl methyl sites for hydroxylation is 1. The van der Waals surface area contributed by atoms with Gasteiger partial charge in [0.05, 0.1) is 12.7 Å². The molecule has 2 nitrogen and oxygen atoms in total. The summed E-state index contributed by atoms with van der Waals surface area (Å²) >= 11 is 1.85. The Kier molecular flexibility index (Phi) is 3.50. The molecule has 1 aromatic heterocycles. The quantitative estimate of drug-likeness (QED) is 0.877. The Bertz CT molecular complexity index is 368. The third-order valence-electron chi connectivity index (χ3n) is 4.19. The maximum absolute atomic E-state index is 10.6. The van der Waals surface area contributed by atoms with Gasteiger partial charge in [0.25, 0.3) is 0 Å². The van der Waals surface area contributed by atoms with Crippen molar-refractivity contribution in [1.82, 2.24) is 0 Å². The molecule has 1 aliphatic heterocycles. The molecule has 1 fully saturated rings. The zero-order valence-electron chi connectivity index (χ0n) is 10.1. The molecular weight excluding hydrogens is 232 g/mol. The SMILES string of the molecule is OC(C1CCCOC1)C1CCCc2sccc21. The van der Waals surface area contributed by atoms with Gasteiger partial charge >= 0.3 is 0 Å². The van der Waals surface area contributed by atoms with Crippen LogP contribution in [0.15, 0.2) is 11.4 Å². The Morgan fingerprint density at radius 3 is 3.12 bits per heavy atom. The zero-order valence-corrected chi connectivity index (χ0v) is 10.9. The van der Waals surface area contributed by atoms with Crippen LogP contribution in [0, 0.1) is 5.92 Å². The second-order valence-electron chi connectivity index (χ2n) is 5.27. The minimum atomic E-state index is -0.205. The summed E-state index contributed by atoms with van der Waals surface area (Å²) in [5.74, 6) is 0.705. The van der Waals surface area contributed by atoms with Crippen molar-refractivity contribution in [3.63, 3.8) is 0 Å². The fourth-order valence-electron chi connectivity index (χ4n) is 3.24. The van der Waals surface area contributed by atoms with Gasteiger partial charge in [0.15, 0.2) is 0 Å². The summed E-state index contributed by atoms with van der Waals surface area (Å²) in [7, 11) is 0. The minimum Gasteiger partial charge on any atom is -0.392 e. The predicted octanol–water partition coefficient (Wildman–Crippen LogP) is 2.96. The summed E-state index contributed by atoms with van der Waals surface area (Å²) in [5, 5.41) is 12.8. The molecule has 1 saturated heterocycles. The highest BCUT2D eigenvalue weighted by atomic mass is 32.1. The Balaban J connectivity index is 1.76. The normalized spacial score (nSPS) is 30.9. The molecule has 17 heavy (non-hydrogen) atoms. The lowest BCUT2D eigenvalue weighted by atomic mass is 9.78. The molecule has 2 aliphatic rings. The van der Waals surface area contributed by atoms with E-state index in [9.17, 15) is 5.11 Å². The molecule has 0 radical (unpaired) electrons. The van der Waals surface area contributed by atoms with E-state index in [0.29, 0.717) is 11.8 Å². The highest BCUT2D eigenvalue weighted by Gasteiger charge is 2.33. The summed E-state index contributed by atoms with van der Waals surface area (Å²) in [4.78, 5) is 1.50. The van der Waals surface area contributed by atoms with Gasteiger partial charge in [-0.15, -0.1) is 11.3 Å². The van der Waals surface area contributed by atoms with Gasteiger partial charge in [0.2, 0.25) is 0 Å². The number of rotatable bonds is 2. The third-order valence-corrected chi connectivity index (χ3v) is 5.19. The van der Waals surface area contributed by atoms with Crippen LogP contribution >= 0.6 is 11.3 Å². The van der Waals surface area contributed by atoms with Gasteiger partial charge in [-0.2, -0.15) is 0 Å². The van der Waals surface area contributed by atoms with E-state index in [4.69, 9.17) is 4.74 Å². The van der Waals surface area contributed by atoms with Gasteiger partial charge in [-0.05, 0) is 49.1 Å². The molecule has 3 atom stereocenters. The Morgan fingerprint density at radius 1 is 1.35 bits per heavy atom. The standard InChI is InChI=1S/C14H20O2S/c15-14(10-3-2-7-16-9-10)12-4-1-5-13-11(12)6-8-17-13/h6,8,10,12,14-15H,1-5,7,9H2. The van der Waals surface area contributed by atoms with Crippen molar-refractivity contribution in [2.45, 2.75) is 44.1 Å². The second-order valence-corrected chi connectivity index (χ2v) is 6.27. The van der Waals surface area contributed by atoms with Gasteiger partial charge in [0, 0.05) is 23.3 Å². The molecule has 0 amide bonds. The number of aliphatic hydroxyl groups excluding tert-OH is 1. The van der Waals surface area contributed by atoms with Crippen LogP contribution in [0.1, 0.15) is 42.0 Å². The van der Waals surface area contributed by atoms with Crippen molar-refractivity contribution < 1.29 is 9.84 Å². The van der Waals surface area contributed by atoms with Crippen molar-refractivity contribution >= 4 is 11.3 Å². The molecule has 2 heterocycles. The molecule has 1 aromatic rings. The number of ether oxygens (including phenoxy) is 1. The van der Waals surface area contributed by atoms with Crippen LogP contribution in [0.5, 0.6) is 0 Å². The van der Waals surface area contributed by atoms with E-state index in [1.165, 1.54) is 23.3 Å². The van der Waals surface area contributed by atoms with Crippen LogP contribution in [0.3, 0.4) is 0 Å². The van der Waals surface area contributed by atoms with E-state index >= 15 is 0 Å². The molecule has 0 bridgehead atoms. The van der Waals surface area contributed by atoms with Crippen LogP contribution < -0.4 is 0 Å². The van der Waals surface area contributed by atoms with Crippen LogP contribution in [0.25, 0.3) is 0 Å². The van der Waals surface area contributed by atoms with Crippen molar-refractivity contribution in [1.29, 1.82) is 0 Å². The van der Waals surface area contributed by atoms with E-state index in [2.05, 4.69) is 11.4 Å². The van der Waals surface area contributed by atoms with Gasteiger partial charge in [0.1, 0.15) is 0 Å². The average molecular weight is 252 g/mol. The minimum absolute atomic E-state index is 0.205. The van der Waals surface area contributed by atoms with Crippen LogP contribution in [0.2, 0.25) is 0 Å². The summed E-state index contributed by atoms with van der Waals surface area (Å²) in [6.45, 7) is 1.62. The Hall–Kier alpha value is -0.380. The first-order chi connectivity index (χ1) is 8.36. The number of fused-ring (bicyclic) bond motifs is 1. The number of hydrogen-bond acceptors (Lipinski definition) is 3. The number of hydrogen-bond donors (Lipinski definition) is 1. The first kappa shape index (κ1) is 11.7. The van der Waals surface area contributed by atoms with Crippen LogP contribution in [0.4, 0.5) is 0 Å². The van der Waals surface area contributed by atoms with Crippen molar-refractivity contribution in [3.05, 3.63) is 21.9 Å². The van der Waals surface area contributed by atoms with Crippen molar-refractivity contribution in [2.75, 3.05) is 13.2 Å². The lowest BCUT2D eigenvalue weighted by Crippen LogP contribution is -2.34. The number of aliphatic hydroxyl groups is 1. The predicted molar refractivity (Wildman–Crippen MR) is 69.5 cm³/mol. The Morgan fingerprint density at radius 2 is 2.29 bits per heavy atom. The first-order valence-corrected chi connectivity index (χ1v) is 7.56. The summed E-state index contributed by atoms with van der Waals surface area (Å²) in [6, 6.07) is 2.22. The lowest BCUT2D eigenvalue weighted by molar-refractivity contribution is -0.0215. The summed E-state index contributed by atoms with van der Waals surface area (Å²) < 4.78 is 5.51. The van der Waals surface area contributed by atoms with E-state index < -0.39 is 0 Å². The first-order valence-electron chi connectivity index (χ1n) is 6.68. The molecule has 1 N–H and O–H groups in total. The van der Waals surface area contributed by atoms with E-state index in [1.807, 2.05) is 11.3 Å². The fourth-order valence-corrected chi connectivity index (χ4v) is 4.24.